The van der Waals surface area contributed by atoms with Crippen molar-refractivity contribution >= 4 is 17.8 Å². The summed E-state index contributed by atoms with van der Waals surface area (Å²) in [4.78, 5) is 31.5. The number of fused-ring (bicyclic) bond motifs is 1. The summed E-state index contributed by atoms with van der Waals surface area (Å²) in [6, 6.07) is 8.76. The molecule has 2 N–H and O–H groups in total. The molecule has 0 spiro atoms. The molecule has 3 heterocycles. The summed E-state index contributed by atoms with van der Waals surface area (Å²) in [5.74, 6) is 0.951. The van der Waals surface area contributed by atoms with E-state index in [1.165, 1.54) is 7.11 Å². The quantitative estimate of drug-likeness (QED) is 0.591. The Morgan fingerprint density at radius 2 is 1.94 bits per heavy atom. The lowest BCUT2D eigenvalue weighted by atomic mass is 10.0. The third-order valence-corrected chi connectivity index (χ3v) is 5.31. The molecule has 1 aliphatic rings. The summed E-state index contributed by atoms with van der Waals surface area (Å²) in [5, 5.41) is 17.4. The molecule has 33 heavy (non-hydrogen) atoms. The Balaban J connectivity index is 1.57. The molecule has 2 aromatic heterocycles. The summed E-state index contributed by atoms with van der Waals surface area (Å²) in [5.41, 5.74) is 2.78. The van der Waals surface area contributed by atoms with Crippen molar-refractivity contribution in [3.63, 3.8) is 0 Å². The van der Waals surface area contributed by atoms with Crippen LogP contribution in [0.3, 0.4) is 0 Å². The van der Waals surface area contributed by atoms with Crippen LogP contribution >= 0.6 is 0 Å². The van der Waals surface area contributed by atoms with Gasteiger partial charge in [-0.1, -0.05) is 6.07 Å². The summed E-state index contributed by atoms with van der Waals surface area (Å²) >= 11 is 0. The van der Waals surface area contributed by atoms with Gasteiger partial charge in [0.05, 0.1) is 18.7 Å². The number of urea groups is 1. The van der Waals surface area contributed by atoms with Gasteiger partial charge in [-0.25, -0.2) is 14.5 Å². The maximum absolute atomic E-state index is 13.1. The molecule has 0 fully saturated rings. The number of pyridine rings is 1. The van der Waals surface area contributed by atoms with E-state index >= 15 is 0 Å². The lowest BCUT2D eigenvalue weighted by Crippen LogP contribution is -2.36. The van der Waals surface area contributed by atoms with E-state index in [0.29, 0.717) is 48.3 Å². The van der Waals surface area contributed by atoms with E-state index < -0.39 is 0 Å². The Hall–Kier alpha value is -4.02. The van der Waals surface area contributed by atoms with Crippen LogP contribution in [0, 0.1) is 0 Å². The largest absolute Gasteiger partial charge is 0.496 e. The number of tetrazole rings is 1. The van der Waals surface area contributed by atoms with E-state index in [1.807, 2.05) is 26.8 Å². The first-order chi connectivity index (χ1) is 15.9. The van der Waals surface area contributed by atoms with Gasteiger partial charge < -0.3 is 20.3 Å². The second-order valence-electron chi connectivity index (χ2n) is 7.92. The smallest absolute Gasteiger partial charge is 0.317 e. The van der Waals surface area contributed by atoms with Crippen LogP contribution in [0.4, 0.5) is 10.6 Å². The molecule has 0 radical (unpaired) electrons. The van der Waals surface area contributed by atoms with Gasteiger partial charge in [-0.15, -0.1) is 5.10 Å². The highest BCUT2D eigenvalue weighted by atomic mass is 16.5. The van der Waals surface area contributed by atoms with Gasteiger partial charge in [-0.2, -0.15) is 0 Å². The lowest BCUT2D eigenvalue weighted by Gasteiger charge is -2.15. The van der Waals surface area contributed by atoms with Crippen molar-refractivity contribution in [2.45, 2.75) is 39.9 Å². The molecule has 1 aliphatic heterocycles. The minimum Gasteiger partial charge on any atom is -0.496 e. The zero-order chi connectivity index (χ0) is 23.5. The number of amides is 3. The van der Waals surface area contributed by atoms with Crippen LogP contribution < -0.4 is 15.4 Å². The number of aromatic nitrogens is 5. The fourth-order valence-electron chi connectivity index (χ4n) is 3.70. The molecule has 0 saturated heterocycles. The molecule has 4 rings (SSSR count). The molecular weight excluding hydrogens is 424 g/mol. The predicted molar refractivity (Wildman–Crippen MR) is 121 cm³/mol. The van der Waals surface area contributed by atoms with Crippen molar-refractivity contribution in [1.29, 1.82) is 0 Å². The van der Waals surface area contributed by atoms with Crippen LogP contribution in [0.15, 0.2) is 30.3 Å². The molecule has 11 heteroatoms. The molecule has 0 aliphatic carbocycles. The van der Waals surface area contributed by atoms with E-state index in [9.17, 15) is 9.59 Å². The van der Waals surface area contributed by atoms with E-state index in [0.717, 1.165) is 11.1 Å². The van der Waals surface area contributed by atoms with E-state index in [1.54, 1.807) is 33.8 Å². The minimum absolute atomic E-state index is 0.0599. The van der Waals surface area contributed by atoms with Gasteiger partial charge >= 0.3 is 6.03 Å². The van der Waals surface area contributed by atoms with E-state index in [2.05, 4.69) is 31.1 Å². The normalized spacial score (nSPS) is 12.6. The van der Waals surface area contributed by atoms with Crippen molar-refractivity contribution < 1.29 is 14.3 Å². The summed E-state index contributed by atoms with van der Waals surface area (Å²) in [6.45, 7) is 7.26. The number of nitrogens with zero attached hydrogens (tertiary/aromatic N) is 6. The number of hydrogen-bond donors (Lipinski definition) is 2. The number of anilines is 1. The highest BCUT2D eigenvalue weighted by Gasteiger charge is 2.26. The van der Waals surface area contributed by atoms with Crippen molar-refractivity contribution in [1.82, 2.24) is 35.4 Å². The first-order valence-electron chi connectivity index (χ1n) is 10.7. The Labute approximate surface area is 191 Å². The van der Waals surface area contributed by atoms with Crippen LogP contribution in [0.5, 0.6) is 5.75 Å². The maximum atomic E-state index is 13.1. The van der Waals surface area contributed by atoms with Crippen LogP contribution in [-0.4, -0.2) is 55.7 Å². The predicted octanol–water partition coefficient (Wildman–Crippen LogP) is 2.62. The fourth-order valence-corrected chi connectivity index (χ4v) is 3.70. The summed E-state index contributed by atoms with van der Waals surface area (Å²) in [6.07, 6.45) is 0. The molecule has 0 atom stereocenters. The van der Waals surface area contributed by atoms with E-state index in [-0.39, 0.29) is 18.0 Å². The van der Waals surface area contributed by atoms with Crippen molar-refractivity contribution in [3.05, 3.63) is 47.0 Å². The highest BCUT2D eigenvalue weighted by molar-refractivity contribution is 6.06. The van der Waals surface area contributed by atoms with Crippen molar-refractivity contribution in [3.8, 4) is 17.3 Å². The van der Waals surface area contributed by atoms with Crippen molar-refractivity contribution in [2.75, 3.05) is 19.0 Å². The van der Waals surface area contributed by atoms with Gasteiger partial charge in [0.2, 0.25) is 5.82 Å². The van der Waals surface area contributed by atoms with Gasteiger partial charge in [0, 0.05) is 19.6 Å². The second-order valence-corrected chi connectivity index (χ2v) is 7.92. The summed E-state index contributed by atoms with van der Waals surface area (Å²) < 4.78 is 7.13. The molecule has 3 aromatic rings. The number of ether oxygens (including phenoxy) is 1. The fraction of sp³-hybridized carbons (Fsp3) is 0.364. The standard InChI is InChI=1S/C22H26N8O3/c1-5-23-22(32)29-11-14-9-16(18(33-4)10-15(14)12-29)21(31)25-19-8-6-7-17(24-19)20-26-27-28-30(20)13(2)3/h6-10,13H,5,11-12H2,1-4H3,(H,23,32)(H,24,25,31). The number of hydrogen-bond acceptors (Lipinski definition) is 7. The number of benzene rings is 1. The van der Waals surface area contributed by atoms with Crippen LogP contribution in [0.2, 0.25) is 0 Å². The summed E-state index contributed by atoms with van der Waals surface area (Å²) in [7, 11) is 1.51. The SMILES string of the molecule is CCNC(=O)N1Cc2cc(OC)c(C(=O)Nc3cccc(-c4nnnn4C(C)C)n3)cc2C1. The van der Waals surface area contributed by atoms with Gasteiger partial charge in [0.1, 0.15) is 17.3 Å². The average molecular weight is 451 g/mol. The first kappa shape index (κ1) is 22.2. The molecule has 0 unspecified atom stereocenters. The second kappa shape index (κ2) is 9.23. The Morgan fingerprint density at radius 3 is 2.64 bits per heavy atom. The van der Waals surface area contributed by atoms with Gasteiger partial charge in [-0.05, 0) is 66.6 Å². The number of methoxy groups -OCH3 is 1. The molecule has 1 aromatic carbocycles. The Kier molecular flexibility index (Phi) is 6.20. The number of rotatable bonds is 6. The van der Waals surface area contributed by atoms with Crippen LogP contribution in [0.1, 0.15) is 48.3 Å². The number of nitrogens with one attached hydrogen (secondary N) is 2. The zero-order valence-electron chi connectivity index (χ0n) is 19.0. The van der Waals surface area contributed by atoms with E-state index in [4.69, 9.17) is 4.74 Å². The molecular formula is C22H26N8O3. The third kappa shape index (κ3) is 4.47. The monoisotopic (exact) mass is 450 g/mol. The third-order valence-electron chi connectivity index (χ3n) is 5.31. The molecule has 11 nitrogen and oxygen atoms in total. The van der Waals surface area contributed by atoms with Crippen LogP contribution in [-0.2, 0) is 13.1 Å². The minimum atomic E-state index is -0.362. The van der Waals surface area contributed by atoms with Crippen LogP contribution in [0.25, 0.3) is 11.5 Å². The molecule has 0 saturated carbocycles. The molecule has 172 valence electrons. The highest BCUT2D eigenvalue weighted by Crippen LogP contribution is 2.31. The Morgan fingerprint density at radius 1 is 1.18 bits per heavy atom. The van der Waals surface area contributed by atoms with Gasteiger partial charge in [-0.3, -0.25) is 4.79 Å². The number of carbonyl (C=O) groups excluding carboxylic acids is 2. The average Bonchev–Trinajstić information content (AvgIpc) is 3.45. The molecule has 3 amide bonds. The Bertz CT molecular complexity index is 1190. The van der Waals surface area contributed by atoms with Gasteiger partial charge in [0.15, 0.2) is 0 Å². The topological polar surface area (TPSA) is 127 Å². The number of carbonyl (C=O) groups is 2. The van der Waals surface area contributed by atoms with Gasteiger partial charge in [0.25, 0.3) is 5.91 Å². The molecule has 0 bridgehead atoms. The zero-order valence-corrected chi connectivity index (χ0v) is 19.0. The lowest BCUT2D eigenvalue weighted by molar-refractivity contribution is 0.102. The van der Waals surface area contributed by atoms with Crippen molar-refractivity contribution in [2.24, 2.45) is 0 Å². The first-order valence-corrected chi connectivity index (χ1v) is 10.7. The maximum Gasteiger partial charge on any atom is 0.317 e.